The van der Waals surface area contributed by atoms with Crippen molar-refractivity contribution in [3.8, 4) is 0 Å². The molecule has 0 heterocycles. The largest absolute Gasteiger partial charge is 0.481 e. The fourth-order valence-corrected chi connectivity index (χ4v) is 1.38. The third-order valence-electron chi connectivity index (χ3n) is 1.68. The Bertz CT molecular complexity index is 206. The van der Waals surface area contributed by atoms with Gasteiger partial charge in [0.25, 0.3) is 0 Å². The van der Waals surface area contributed by atoms with Crippen molar-refractivity contribution < 1.29 is 9.90 Å². The Hall–Kier alpha value is -0.730. The van der Waals surface area contributed by atoms with Gasteiger partial charge in [-0.3, -0.25) is 4.79 Å². The number of hydrogen-bond acceptors (Lipinski definition) is 3. The monoisotopic (exact) mass is 201 g/mol. The summed E-state index contributed by atoms with van der Waals surface area (Å²) in [6.45, 7) is 4.61. The van der Waals surface area contributed by atoms with Crippen LogP contribution in [0.5, 0.6) is 0 Å². The fraction of sp³-hybridized carbons (Fsp3) is 0.778. The molecule has 0 fully saturated rings. The van der Waals surface area contributed by atoms with Gasteiger partial charge in [0.05, 0.1) is 11.7 Å². The van der Waals surface area contributed by atoms with Gasteiger partial charge in [-0.1, -0.05) is 13.8 Å². The smallest absolute Gasteiger partial charge is 0.303 e. The molecule has 0 aliphatic carbocycles. The molecular formula is C9H15NO2S. The number of rotatable bonds is 6. The van der Waals surface area contributed by atoms with E-state index in [-0.39, 0.29) is 12.3 Å². The number of hydrogen-bond donors (Lipinski definition) is 1. The molecule has 4 heteroatoms. The van der Waals surface area contributed by atoms with E-state index >= 15 is 0 Å². The molecule has 0 aromatic heterocycles. The standard InChI is InChI=1S/C9H15NO2S/c1-7(2)3-8(4-9(11)12)5-10-6-13/h7-8H,3-5H2,1-2H3,(H,11,12)/t8-/m0/s1. The molecule has 0 aromatic carbocycles. The third kappa shape index (κ3) is 7.62. The topological polar surface area (TPSA) is 49.7 Å². The molecule has 13 heavy (non-hydrogen) atoms. The second-order valence-corrected chi connectivity index (χ2v) is 3.71. The highest BCUT2D eigenvalue weighted by Gasteiger charge is 2.13. The average molecular weight is 201 g/mol. The van der Waals surface area contributed by atoms with E-state index in [2.05, 4.69) is 36.2 Å². The number of nitrogens with zero attached hydrogens (tertiary/aromatic N) is 1. The van der Waals surface area contributed by atoms with Gasteiger partial charge in [-0.2, -0.15) is 0 Å². The van der Waals surface area contributed by atoms with Crippen LogP contribution in [0.4, 0.5) is 0 Å². The van der Waals surface area contributed by atoms with E-state index < -0.39 is 5.97 Å². The second kappa shape index (κ2) is 6.75. The van der Waals surface area contributed by atoms with Crippen LogP contribution in [-0.2, 0) is 4.79 Å². The summed E-state index contributed by atoms with van der Waals surface area (Å²) in [4.78, 5) is 14.2. The maximum atomic E-state index is 10.5. The van der Waals surface area contributed by atoms with Gasteiger partial charge < -0.3 is 5.11 Å². The van der Waals surface area contributed by atoms with Crippen molar-refractivity contribution in [3.63, 3.8) is 0 Å². The zero-order valence-electron chi connectivity index (χ0n) is 7.99. The van der Waals surface area contributed by atoms with Crippen molar-refractivity contribution in [1.29, 1.82) is 0 Å². The number of thiocarbonyl (C=S) groups is 1. The summed E-state index contributed by atoms with van der Waals surface area (Å²) in [6, 6.07) is 0. The van der Waals surface area contributed by atoms with E-state index in [0.29, 0.717) is 12.5 Å². The Labute approximate surface area is 83.9 Å². The highest BCUT2D eigenvalue weighted by Crippen LogP contribution is 2.15. The fourth-order valence-electron chi connectivity index (χ4n) is 1.30. The third-order valence-corrected chi connectivity index (χ3v) is 1.81. The maximum absolute atomic E-state index is 10.5. The number of carboxylic acids is 1. The Balaban J connectivity index is 4.01. The zero-order chi connectivity index (χ0) is 10.3. The number of aliphatic carboxylic acids is 1. The Kier molecular flexibility index (Phi) is 6.37. The lowest BCUT2D eigenvalue weighted by Gasteiger charge is -2.13. The lowest BCUT2D eigenvalue weighted by atomic mass is 9.94. The van der Waals surface area contributed by atoms with Crippen LogP contribution in [-0.4, -0.2) is 22.8 Å². The molecule has 0 rings (SSSR count). The minimum absolute atomic E-state index is 0.0907. The molecule has 0 amide bonds. The van der Waals surface area contributed by atoms with Gasteiger partial charge in [-0.05, 0) is 30.5 Å². The molecule has 0 radical (unpaired) electrons. The van der Waals surface area contributed by atoms with Crippen molar-refractivity contribution in [2.24, 2.45) is 16.8 Å². The van der Waals surface area contributed by atoms with Crippen molar-refractivity contribution in [1.82, 2.24) is 0 Å². The van der Waals surface area contributed by atoms with Crippen molar-refractivity contribution in [3.05, 3.63) is 0 Å². The van der Waals surface area contributed by atoms with Crippen molar-refractivity contribution >= 4 is 23.3 Å². The van der Waals surface area contributed by atoms with Crippen LogP contribution >= 0.6 is 12.2 Å². The average Bonchev–Trinajstić information content (AvgIpc) is 1.98. The predicted molar refractivity (Wildman–Crippen MR) is 55.1 cm³/mol. The zero-order valence-corrected chi connectivity index (χ0v) is 8.80. The minimum Gasteiger partial charge on any atom is -0.481 e. The van der Waals surface area contributed by atoms with Crippen molar-refractivity contribution in [2.75, 3.05) is 6.54 Å². The van der Waals surface area contributed by atoms with Crippen molar-refractivity contribution in [2.45, 2.75) is 26.7 Å². The van der Waals surface area contributed by atoms with E-state index in [1.807, 2.05) is 0 Å². The molecule has 0 aliphatic rings. The lowest BCUT2D eigenvalue weighted by molar-refractivity contribution is -0.138. The summed E-state index contributed by atoms with van der Waals surface area (Å²) in [5.41, 5.74) is 0. The van der Waals surface area contributed by atoms with Crippen LogP contribution in [0.1, 0.15) is 26.7 Å². The molecule has 0 spiro atoms. The van der Waals surface area contributed by atoms with Crippen LogP contribution in [0, 0.1) is 11.8 Å². The van der Waals surface area contributed by atoms with E-state index in [4.69, 9.17) is 5.11 Å². The summed E-state index contributed by atoms with van der Waals surface area (Å²) < 4.78 is 0. The van der Waals surface area contributed by atoms with E-state index in [9.17, 15) is 4.79 Å². The Morgan fingerprint density at radius 2 is 2.23 bits per heavy atom. The molecule has 0 aromatic rings. The lowest BCUT2D eigenvalue weighted by Crippen LogP contribution is -2.13. The van der Waals surface area contributed by atoms with E-state index in [1.54, 1.807) is 0 Å². The van der Waals surface area contributed by atoms with Crippen LogP contribution in [0.3, 0.4) is 0 Å². The van der Waals surface area contributed by atoms with Gasteiger partial charge in [0, 0.05) is 6.42 Å². The van der Waals surface area contributed by atoms with E-state index in [1.165, 1.54) is 0 Å². The molecule has 74 valence electrons. The first kappa shape index (κ1) is 12.3. The first-order valence-corrected chi connectivity index (χ1v) is 4.72. The van der Waals surface area contributed by atoms with Gasteiger partial charge in [0.15, 0.2) is 0 Å². The summed E-state index contributed by atoms with van der Waals surface area (Å²) in [5.74, 6) is -0.192. The summed E-state index contributed by atoms with van der Waals surface area (Å²) in [5, 5.41) is 10.9. The number of carbonyl (C=O) groups is 1. The van der Waals surface area contributed by atoms with Crippen LogP contribution in [0.15, 0.2) is 4.99 Å². The number of isothiocyanates is 1. The first-order valence-electron chi connectivity index (χ1n) is 4.31. The highest BCUT2D eigenvalue weighted by atomic mass is 32.1. The normalized spacial score (nSPS) is 12.2. The van der Waals surface area contributed by atoms with Crippen LogP contribution < -0.4 is 0 Å². The summed E-state index contributed by atoms with van der Waals surface area (Å²) in [6.07, 6.45) is 1.03. The quantitative estimate of drug-likeness (QED) is 0.529. The highest BCUT2D eigenvalue weighted by molar-refractivity contribution is 7.78. The van der Waals surface area contributed by atoms with Gasteiger partial charge in [-0.15, -0.1) is 0 Å². The molecule has 1 N–H and O–H groups in total. The summed E-state index contributed by atoms with van der Waals surface area (Å²) >= 11 is 4.43. The maximum Gasteiger partial charge on any atom is 0.303 e. The molecule has 0 bridgehead atoms. The second-order valence-electron chi connectivity index (χ2n) is 3.53. The number of carboxylic acid groups (broad SMARTS) is 1. The van der Waals surface area contributed by atoms with Gasteiger partial charge in [-0.25, -0.2) is 4.99 Å². The number of aliphatic imine (C=N–C) groups is 1. The molecule has 1 atom stereocenters. The molecular weight excluding hydrogens is 186 g/mol. The molecule has 3 nitrogen and oxygen atoms in total. The molecule has 0 saturated heterocycles. The molecule has 0 unspecified atom stereocenters. The molecule has 0 saturated carbocycles. The SMILES string of the molecule is CC(C)C[C@H](CN=C=S)CC(=O)O. The Morgan fingerprint density at radius 3 is 2.62 bits per heavy atom. The Morgan fingerprint density at radius 1 is 1.62 bits per heavy atom. The van der Waals surface area contributed by atoms with Crippen LogP contribution in [0.25, 0.3) is 0 Å². The minimum atomic E-state index is -0.773. The van der Waals surface area contributed by atoms with Gasteiger partial charge in [0.1, 0.15) is 0 Å². The van der Waals surface area contributed by atoms with E-state index in [0.717, 1.165) is 6.42 Å². The predicted octanol–water partition coefficient (Wildman–Crippen LogP) is 2.23. The molecule has 0 aliphatic heterocycles. The van der Waals surface area contributed by atoms with Gasteiger partial charge >= 0.3 is 5.97 Å². The first-order chi connectivity index (χ1) is 6.06. The summed E-state index contributed by atoms with van der Waals surface area (Å²) in [7, 11) is 0. The van der Waals surface area contributed by atoms with Crippen LogP contribution in [0.2, 0.25) is 0 Å². The van der Waals surface area contributed by atoms with Gasteiger partial charge in [0.2, 0.25) is 0 Å².